The summed E-state index contributed by atoms with van der Waals surface area (Å²) in [6.07, 6.45) is 3.93. The standard InChI is InChI=1S/C20H23ClN2O3S/c1-14(23(27(2,25)26)17-12-10-16(21)11-13-17)20(24)22-19-9-5-7-15-6-3-4-8-18(15)19/h3-4,6,8,10-14,19H,5,7,9H2,1-2H3,(H,22,24)/t14-,19-/m1/s1. The molecule has 0 aromatic heterocycles. The Morgan fingerprint density at radius 3 is 2.52 bits per heavy atom. The first-order valence-corrected chi connectivity index (χ1v) is 11.1. The van der Waals surface area contributed by atoms with Gasteiger partial charge in [0.15, 0.2) is 0 Å². The fourth-order valence-electron chi connectivity index (χ4n) is 3.59. The Labute approximate surface area is 165 Å². The second-order valence-corrected chi connectivity index (χ2v) is 9.16. The fraction of sp³-hybridized carbons (Fsp3) is 0.350. The second-order valence-electron chi connectivity index (χ2n) is 6.86. The van der Waals surface area contributed by atoms with Crippen LogP contribution in [0.3, 0.4) is 0 Å². The summed E-state index contributed by atoms with van der Waals surface area (Å²) in [4.78, 5) is 12.9. The van der Waals surface area contributed by atoms with Crippen molar-refractivity contribution in [1.82, 2.24) is 5.32 Å². The highest BCUT2D eigenvalue weighted by Gasteiger charge is 2.31. The average molecular weight is 407 g/mol. The molecule has 0 radical (unpaired) electrons. The maximum atomic E-state index is 12.9. The van der Waals surface area contributed by atoms with Gasteiger partial charge in [-0.2, -0.15) is 0 Å². The Kier molecular flexibility index (Phi) is 5.77. The lowest BCUT2D eigenvalue weighted by atomic mass is 9.87. The van der Waals surface area contributed by atoms with E-state index in [1.54, 1.807) is 31.2 Å². The van der Waals surface area contributed by atoms with E-state index in [1.807, 2.05) is 18.2 Å². The van der Waals surface area contributed by atoms with E-state index in [2.05, 4.69) is 11.4 Å². The van der Waals surface area contributed by atoms with Crippen molar-refractivity contribution in [3.05, 3.63) is 64.7 Å². The molecule has 1 amide bonds. The van der Waals surface area contributed by atoms with Crippen molar-refractivity contribution >= 4 is 33.2 Å². The summed E-state index contributed by atoms with van der Waals surface area (Å²) >= 11 is 5.90. The highest BCUT2D eigenvalue weighted by atomic mass is 35.5. The Bertz CT molecular complexity index is 928. The molecule has 1 aliphatic rings. The van der Waals surface area contributed by atoms with Gasteiger partial charge in [-0.15, -0.1) is 0 Å². The van der Waals surface area contributed by atoms with Crippen LogP contribution in [0.25, 0.3) is 0 Å². The maximum Gasteiger partial charge on any atom is 0.244 e. The fourth-order valence-corrected chi connectivity index (χ4v) is 4.89. The van der Waals surface area contributed by atoms with E-state index in [4.69, 9.17) is 11.6 Å². The Morgan fingerprint density at radius 2 is 1.85 bits per heavy atom. The first-order valence-electron chi connectivity index (χ1n) is 8.90. The molecule has 27 heavy (non-hydrogen) atoms. The SMILES string of the molecule is C[C@H](C(=O)N[C@@H]1CCCc2ccccc21)N(c1ccc(Cl)cc1)S(C)(=O)=O. The number of aryl methyl sites for hydroxylation is 1. The number of hydrogen-bond donors (Lipinski definition) is 1. The van der Waals surface area contributed by atoms with Gasteiger partial charge < -0.3 is 5.32 Å². The van der Waals surface area contributed by atoms with Crippen LogP contribution in [0.15, 0.2) is 48.5 Å². The van der Waals surface area contributed by atoms with Crippen molar-refractivity contribution in [3.63, 3.8) is 0 Å². The summed E-state index contributed by atoms with van der Waals surface area (Å²) in [5.41, 5.74) is 2.76. The molecule has 1 N–H and O–H groups in total. The molecule has 3 rings (SSSR count). The summed E-state index contributed by atoms with van der Waals surface area (Å²) < 4.78 is 25.9. The van der Waals surface area contributed by atoms with Crippen molar-refractivity contribution in [1.29, 1.82) is 0 Å². The summed E-state index contributed by atoms with van der Waals surface area (Å²) in [7, 11) is -3.65. The number of rotatable bonds is 5. The zero-order valence-corrected chi connectivity index (χ0v) is 16.9. The van der Waals surface area contributed by atoms with Crippen molar-refractivity contribution < 1.29 is 13.2 Å². The molecule has 0 fully saturated rings. The summed E-state index contributed by atoms with van der Waals surface area (Å²) in [6, 6.07) is 13.5. The molecule has 0 heterocycles. The first kappa shape index (κ1) is 19.7. The van der Waals surface area contributed by atoms with Gasteiger partial charge in [-0.25, -0.2) is 8.42 Å². The number of halogens is 1. The molecule has 0 aliphatic heterocycles. The van der Waals surface area contributed by atoms with Crippen molar-refractivity contribution in [2.45, 2.75) is 38.3 Å². The third kappa shape index (κ3) is 4.45. The smallest absolute Gasteiger partial charge is 0.244 e. The van der Waals surface area contributed by atoms with Crippen molar-refractivity contribution in [3.8, 4) is 0 Å². The monoisotopic (exact) mass is 406 g/mol. The van der Waals surface area contributed by atoms with Crippen LogP contribution in [-0.4, -0.2) is 26.6 Å². The van der Waals surface area contributed by atoms with E-state index in [9.17, 15) is 13.2 Å². The van der Waals surface area contributed by atoms with E-state index in [0.29, 0.717) is 10.7 Å². The normalized spacial score (nSPS) is 17.7. The molecule has 2 aromatic rings. The number of amides is 1. The van der Waals surface area contributed by atoms with Crippen LogP contribution in [0.5, 0.6) is 0 Å². The molecule has 144 valence electrons. The van der Waals surface area contributed by atoms with Gasteiger partial charge in [0.25, 0.3) is 0 Å². The summed E-state index contributed by atoms with van der Waals surface area (Å²) in [6.45, 7) is 1.60. The molecule has 0 saturated carbocycles. The van der Waals surface area contributed by atoms with Gasteiger partial charge in [-0.3, -0.25) is 9.10 Å². The van der Waals surface area contributed by atoms with Gasteiger partial charge in [0.05, 0.1) is 18.0 Å². The number of benzene rings is 2. The third-order valence-electron chi connectivity index (χ3n) is 4.86. The lowest BCUT2D eigenvalue weighted by molar-refractivity contribution is -0.122. The zero-order valence-electron chi connectivity index (χ0n) is 15.4. The van der Waals surface area contributed by atoms with Gasteiger partial charge >= 0.3 is 0 Å². The van der Waals surface area contributed by atoms with Gasteiger partial charge in [-0.05, 0) is 61.6 Å². The molecule has 2 aromatic carbocycles. The van der Waals surface area contributed by atoms with E-state index >= 15 is 0 Å². The molecule has 0 unspecified atom stereocenters. The van der Waals surface area contributed by atoms with Gasteiger partial charge in [0, 0.05) is 5.02 Å². The largest absolute Gasteiger partial charge is 0.347 e. The van der Waals surface area contributed by atoms with Crippen LogP contribution in [-0.2, 0) is 21.2 Å². The number of nitrogens with one attached hydrogen (secondary N) is 1. The lowest BCUT2D eigenvalue weighted by Crippen LogP contribution is -2.49. The molecule has 0 saturated heterocycles. The van der Waals surface area contributed by atoms with Crippen molar-refractivity contribution in [2.24, 2.45) is 0 Å². The maximum absolute atomic E-state index is 12.9. The van der Waals surface area contributed by atoms with Crippen LogP contribution in [0, 0.1) is 0 Å². The van der Waals surface area contributed by atoms with Crippen LogP contribution in [0.2, 0.25) is 5.02 Å². The second kappa shape index (κ2) is 7.90. The predicted molar refractivity (Wildman–Crippen MR) is 109 cm³/mol. The minimum absolute atomic E-state index is 0.100. The first-order chi connectivity index (χ1) is 12.8. The average Bonchev–Trinajstić information content (AvgIpc) is 2.62. The number of nitrogens with zero attached hydrogens (tertiary/aromatic N) is 1. The molecule has 7 heteroatoms. The number of anilines is 1. The zero-order chi connectivity index (χ0) is 19.6. The van der Waals surface area contributed by atoms with Crippen LogP contribution < -0.4 is 9.62 Å². The van der Waals surface area contributed by atoms with E-state index in [-0.39, 0.29) is 11.9 Å². The number of fused-ring (bicyclic) bond motifs is 1. The van der Waals surface area contributed by atoms with Crippen LogP contribution >= 0.6 is 11.6 Å². The Balaban J connectivity index is 1.84. The molecule has 0 spiro atoms. The highest BCUT2D eigenvalue weighted by Crippen LogP contribution is 2.30. The number of hydrogen-bond acceptors (Lipinski definition) is 3. The van der Waals surface area contributed by atoms with Gasteiger partial charge in [0.1, 0.15) is 6.04 Å². The van der Waals surface area contributed by atoms with E-state index < -0.39 is 16.1 Å². The summed E-state index contributed by atoms with van der Waals surface area (Å²) in [5.74, 6) is -0.322. The third-order valence-corrected chi connectivity index (χ3v) is 6.35. The number of carbonyl (C=O) groups excluding carboxylic acids is 1. The summed E-state index contributed by atoms with van der Waals surface area (Å²) in [5, 5.41) is 3.54. The number of carbonyl (C=O) groups is 1. The van der Waals surface area contributed by atoms with E-state index in [1.165, 1.54) is 5.56 Å². The molecule has 0 bridgehead atoms. The molecule has 1 aliphatic carbocycles. The Hall–Kier alpha value is -2.05. The predicted octanol–water partition coefficient (Wildman–Crippen LogP) is 3.69. The highest BCUT2D eigenvalue weighted by molar-refractivity contribution is 7.92. The minimum Gasteiger partial charge on any atom is -0.347 e. The van der Waals surface area contributed by atoms with Gasteiger partial charge in [0.2, 0.25) is 15.9 Å². The molecular formula is C20H23ClN2O3S. The van der Waals surface area contributed by atoms with Crippen molar-refractivity contribution in [2.75, 3.05) is 10.6 Å². The topological polar surface area (TPSA) is 66.5 Å². The Morgan fingerprint density at radius 1 is 1.19 bits per heavy atom. The van der Waals surface area contributed by atoms with Gasteiger partial charge in [-0.1, -0.05) is 35.9 Å². The van der Waals surface area contributed by atoms with Crippen LogP contribution in [0.4, 0.5) is 5.69 Å². The lowest BCUT2D eigenvalue weighted by Gasteiger charge is -2.31. The number of sulfonamides is 1. The quantitative estimate of drug-likeness (QED) is 0.823. The molecule has 5 nitrogen and oxygen atoms in total. The minimum atomic E-state index is -3.65. The molecular weight excluding hydrogens is 384 g/mol. The van der Waals surface area contributed by atoms with E-state index in [0.717, 1.165) is 35.4 Å². The van der Waals surface area contributed by atoms with Crippen LogP contribution in [0.1, 0.15) is 36.9 Å². The molecule has 2 atom stereocenters.